The van der Waals surface area contributed by atoms with E-state index in [2.05, 4.69) is 5.32 Å². The van der Waals surface area contributed by atoms with Crippen LogP contribution >= 0.6 is 0 Å². The van der Waals surface area contributed by atoms with Gasteiger partial charge >= 0.3 is 0 Å². The highest BCUT2D eigenvalue weighted by molar-refractivity contribution is 5.36. The number of nitriles is 1. The van der Waals surface area contributed by atoms with Gasteiger partial charge in [0.15, 0.2) is 0 Å². The van der Waals surface area contributed by atoms with Gasteiger partial charge in [-0.1, -0.05) is 24.3 Å². The zero-order chi connectivity index (χ0) is 13.2. The van der Waals surface area contributed by atoms with Crippen molar-refractivity contribution in [3.05, 3.63) is 59.0 Å². The molecular formula is C15H14N2O2. The lowest BCUT2D eigenvalue weighted by molar-refractivity contribution is 0.139. The lowest BCUT2D eigenvalue weighted by Gasteiger charge is -2.17. The van der Waals surface area contributed by atoms with Gasteiger partial charge in [-0.15, -0.1) is 0 Å². The van der Waals surface area contributed by atoms with E-state index >= 15 is 0 Å². The van der Waals surface area contributed by atoms with Gasteiger partial charge in [0, 0.05) is 6.42 Å². The van der Waals surface area contributed by atoms with Crippen molar-refractivity contribution in [2.75, 3.05) is 0 Å². The first kappa shape index (κ1) is 12.0. The second-order valence-corrected chi connectivity index (χ2v) is 4.71. The number of nitrogens with zero attached hydrogens (tertiary/aromatic N) is 1. The maximum Gasteiger partial charge on any atom is 0.203 e. The molecule has 0 radical (unpaired) electrons. The van der Waals surface area contributed by atoms with E-state index in [-0.39, 0.29) is 6.04 Å². The monoisotopic (exact) mass is 254 g/mol. The second-order valence-electron chi connectivity index (χ2n) is 4.71. The van der Waals surface area contributed by atoms with Crippen molar-refractivity contribution in [1.29, 1.82) is 5.26 Å². The fraction of sp³-hybridized carbons (Fsp3) is 0.267. The van der Waals surface area contributed by atoms with E-state index in [4.69, 9.17) is 9.68 Å². The molecule has 19 heavy (non-hydrogen) atoms. The largest absolute Gasteiger partial charge is 0.449 e. The molecule has 0 fully saturated rings. The van der Waals surface area contributed by atoms with E-state index in [1.165, 1.54) is 5.56 Å². The summed E-state index contributed by atoms with van der Waals surface area (Å²) >= 11 is 0. The molecule has 2 N–H and O–H groups in total. The Morgan fingerprint density at radius 2 is 2.16 bits per heavy atom. The second kappa shape index (κ2) is 4.88. The SMILES string of the molecule is N#Cc1ccc(CN[C@H]2c3ccccc3C[C@H]2O)o1. The Morgan fingerprint density at radius 1 is 1.32 bits per heavy atom. The van der Waals surface area contributed by atoms with E-state index in [9.17, 15) is 5.11 Å². The quantitative estimate of drug-likeness (QED) is 0.877. The third-order valence-electron chi connectivity index (χ3n) is 3.47. The topological polar surface area (TPSA) is 69.2 Å². The van der Waals surface area contributed by atoms with Crippen molar-refractivity contribution in [3.63, 3.8) is 0 Å². The number of benzene rings is 1. The first-order valence-electron chi connectivity index (χ1n) is 6.26. The molecule has 0 aliphatic heterocycles. The summed E-state index contributed by atoms with van der Waals surface area (Å²) in [4.78, 5) is 0. The molecule has 4 nitrogen and oxygen atoms in total. The predicted octanol–water partition coefficient (Wildman–Crippen LogP) is 1.90. The minimum atomic E-state index is -0.414. The molecule has 0 unspecified atom stereocenters. The van der Waals surface area contributed by atoms with Crippen LogP contribution in [0.1, 0.15) is 28.7 Å². The van der Waals surface area contributed by atoms with Crippen LogP contribution in [-0.2, 0) is 13.0 Å². The first-order chi connectivity index (χ1) is 9.28. The summed E-state index contributed by atoms with van der Waals surface area (Å²) < 4.78 is 5.31. The fourth-order valence-corrected chi connectivity index (χ4v) is 2.56. The number of rotatable bonds is 3. The molecule has 0 saturated heterocycles. The van der Waals surface area contributed by atoms with Gasteiger partial charge in [-0.25, -0.2) is 0 Å². The Kier molecular flexibility index (Phi) is 3.08. The normalized spacial score (nSPS) is 21.1. The van der Waals surface area contributed by atoms with Gasteiger partial charge in [0.2, 0.25) is 5.76 Å². The van der Waals surface area contributed by atoms with Crippen molar-refractivity contribution in [1.82, 2.24) is 5.32 Å². The number of aliphatic hydroxyl groups excluding tert-OH is 1. The highest BCUT2D eigenvalue weighted by atomic mass is 16.3. The average molecular weight is 254 g/mol. The van der Waals surface area contributed by atoms with E-state index in [1.807, 2.05) is 30.3 Å². The average Bonchev–Trinajstić information content (AvgIpc) is 3.00. The van der Waals surface area contributed by atoms with Gasteiger partial charge in [0.1, 0.15) is 11.8 Å². The smallest absolute Gasteiger partial charge is 0.203 e. The zero-order valence-corrected chi connectivity index (χ0v) is 10.3. The number of hydrogen-bond donors (Lipinski definition) is 2. The van der Waals surface area contributed by atoms with Crippen molar-refractivity contribution in [2.45, 2.75) is 25.1 Å². The molecule has 3 rings (SSSR count). The Hall–Kier alpha value is -2.09. The number of fused-ring (bicyclic) bond motifs is 1. The first-order valence-corrected chi connectivity index (χ1v) is 6.26. The zero-order valence-electron chi connectivity index (χ0n) is 10.3. The summed E-state index contributed by atoms with van der Waals surface area (Å²) in [6.45, 7) is 0.498. The van der Waals surface area contributed by atoms with Gasteiger partial charge in [-0.2, -0.15) is 5.26 Å². The van der Waals surface area contributed by atoms with E-state index in [0.717, 1.165) is 5.56 Å². The van der Waals surface area contributed by atoms with Crippen molar-refractivity contribution in [2.24, 2.45) is 0 Å². The highest BCUT2D eigenvalue weighted by Crippen LogP contribution is 2.31. The Morgan fingerprint density at radius 3 is 2.95 bits per heavy atom. The summed E-state index contributed by atoms with van der Waals surface area (Å²) in [5.41, 5.74) is 2.33. The molecule has 96 valence electrons. The minimum absolute atomic E-state index is 0.0770. The third-order valence-corrected chi connectivity index (χ3v) is 3.47. The van der Waals surface area contributed by atoms with Gasteiger partial charge in [-0.05, 0) is 23.3 Å². The van der Waals surface area contributed by atoms with Crippen molar-refractivity contribution < 1.29 is 9.52 Å². The van der Waals surface area contributed by atoms with Crippen LogP contribution in [0.3, 0.4) is 0 Å². The van der Waals surface area contributed by atoms with Crippen LogP contribution in [0.15, 0.2) is 40.8 Å². The Balaban J connectivity index is 1.72. The molecule has 0 saturated carbocycles. The molecule has 0 bridgehead atoms. The van der Waals surface area contributed by atoms with Crippen LogP contribution < -0.4 is 5.32 Å². The summed E-state index contributed by atoms with van der Waals surface area (Å²) in [6.07, 6.45) is 0.262. The molecule has 1 aliphatic rings. The van der Waals surface area contributed by atoms with Gasteiger partial charge in [-0.3, -0.25) is 0 Å². The van der Waals surface area contributed by atoms with E-state index in [0.29, 0.717) is 24.5 Å². The standard InChI is InChI=1S/C15H14N2O2/c16-8-11-5-6-12(19-11)9-17-15-13-4-2-1-3-10(13)7-14(15)18/h1-6,14-15,17-18H,7,9H2/t14-,15+/m1/s1. The van der Waals surface area contributed by atoms with Crippen LogP contribution in [0.5, 0.6) is 0 Å². The molecule has 1 aromatic heterocycles. The maximum atomic E-state index is 10.1. The molecule has 0 spiro atoms. The summed E-state index contributed by atoms with van der Waals surface area (Å²) in [5.74, 6) is 1.01. The van der Waals surface area contributed by atoms with Crippen LogP contribution in [0.25, 0.3) is 0 Å². The molecule has 1 aromatic carbocycles. The van der Waals surface area contributed by atoms with Gasteiger partial charge in [0.25, 0.3) is 0 Å². The van der Waals surface area contributed by atoms with Gasteiger partial charge < -0.3 is 14.8 Å². The number of hydrogen-bond acceptors (Lipinski definition) is 4. The summed E-state index contributed by atoms with van der Waals surface area (Å²) in [5, 5.41) is 22.1. The number of nitrogens with one attached hydrogen (secondary N) is 1. The molecule has 4 heteroatoms. The summed E-state index contributed by atoms with van der Waals surface area (Å²) in [7, 11) is 0. The minimum Gasteiger partial charge on any atom is -0.449 e. The molecule has 0 amide bonds. The lowest BCUT2D eigenvalue weighted by atomic mass is 10.1. The van der Waals surface area contributed by atoms with E-state index in [1.54, 1.807) is 12.1 Å². The summed E-state index contributed by atoms with van der Waals surface area (Å²) in [6, 6.07) is 13.3. The highest BCUT2D eigenvalue weighted by Gasteiger charge is 2.30. The number of furan rings is 1. The lowest BCUT2D eigenvalue weighted by Crippen LogP contribution is -2.28. The fourth-order valence-electron chi connectivity index (χ4n) is 2.56. The van der Waals surface area contributed by atoms with Crippen LogP contribution in [0.4, 0.5) is 0 Å². The molecular weight excluding hydrogens is 240 g/mol. The van der Waals surface area contributed by atoms with E-state index < -0.39 is 6.10 Å². The van der Waals surface area contributed by atoms with Crippen LogP contribution in [0.2, 0.25) is 0 Å². The maximum absolute atomic E-state index is 10.1. The third kappa shape index (κ3) is 2.26. The Bertz CT molecular complexity index is 627. The number of aliphatic hydroxyl groups is 1. The van der Waals surface area contributed by atoms with Crippen molar-refractivity contribution >= 4 is 0 Å². The van der Waals surface area contributed by atoms with Gasteiger partial charge in [0.05, 0.1) is 18.7 Å². The molecule has 2 atom stereocenters. The molecule has 2 aromatic rings. The molecule has 1 heterocycles. The predicted molar refractivity (Wildman–Crippen MR) is 69.2 cm³/mol. The van der Waals surface area contributed by atoms with Crippen LogP contribution in [0, 0.1) is 11.3 Å². The molecule has 1 aliphatic carbocycles. The van der Waals surface area contributed by atoms with Crippen molar-refractivity contribution in [3.8, 4) is 6.07 Å². The Labute approximate surface area is 111 Å². The van der Waals surface area contributed by atoms with Crippen LogP contribution in [-0.4, -0.2) is 11.2 Å².